The van der Waals surface area contributed by atoms with Crippen molar-refractivity contribution in [1.82, 2.24) is 9.88 Å². The summed E-state index contributed by atoms with van der Waals surface area (Å²) in [5, 5.41) is 0.646. The lowest BCUT2D eigenvalue weighted by atomic mass is 10.1. The van der Waals surface area contributed by atoms with Crippen LogP contribution < -0.4 is 23.7 Å². The minimum absolute atomic E-state index is 0.0137. The zero-order valence-electron chi connectivity index (χ0n) is 20.7. The molecule has 0 spiro atoms. The fourth-order valence-electron chi connectivity index (χ4n) is 4.08. The minimum Gasteiger partial charge on any atom is -0.497 e. The molecule has 0 atom stereocenters. The molecule has 35 heavy (non-hydrogen) atoms. The number of fused-ring (bicyclic) bond motifs is 1. The first-order valence-corrected chi connectivity index (χ1v) is 12.8. The third kappa shape index (κ3) is 5.73. The van der Waals surface area contributed by atoms with Gasteiger partial charge in [-0.1, -0.05) is 11.3 Å². The summed E-state index contributed by atoms with van der Waals surface area (Å²) in [6, 6.07) is 9.28. The summed E-state index contributed by atoms with van der Waals surface area (Å²) >= 11 is 1.51. The number of hydrogen-bond donors (Lipinski definition) is 0. The maximum Gasteiger partial charge on any atom is 0.274 e. The number of hydrogen-bond acceptors (Lipinski definition) is 8. The van der Waals surface area contributed by atoms with Gasteiger partial charge in [-0.25, -0.2) is 4.98 Å². The Hall–Kier alpha value is -3.20. The molecule has 0 aliphatic carbocycles. The van der Waals surface area contributed by atoms with Crippen LogP contribution in [0.4, 0.5) is 0 Å². The van der Waals surface area contributed by atoms with Crippen LogP contribution in [0.25, 0.3) is 10.2 Å². The molecular weight excluding hydrogens is 468 g/mol. The Bertz CT molecular complexity index is 1130. The Labute approximate surface area is 209 Å². The van der Waals surface area contributed by atoms with E-state index in [1.807, 2.05) is 43.9 Å². The van der Waals surface area contributed by atoms with Crippen LogP contribution in [0.3, 0.4) is 0 Å². The second-order valence-electron chi connectivity index (χ2n) is 8.02. The van der Waals surface area contributed by atoms with Crippen LogP contribution in [-0.4, -0.2) is 61.9 Å². The Morgan fingerprint density at radius 1 is 1.00 bits per heavy atom. The van der Waals surface area contributed by atoms with Gasteiger partial charge < -0.3 is 28.6 Å². The highest BCUT2D eigenvalue weighted by Gasteiger charge is 2.27. The van der Waals surface area contributed by atoms with Crippen molar-refractivity contribution in [2.45, 2.75) is 39.7 Å². The number of nitrogens with zero attached hydrogens (tertiary/aromatic N) is 2. The summed E-state index contributed by atoms with van der Waals surface area (Å²) in [5.41, 5.74) is 1.42. The molecule has 188 valence electrons. The Morgan fingerprint density at radius 2 is 1.66 bits per heavy atom. The molecule has 0 radical (unpaired) electrons. The number of carbonyl (C=O) groups is 1. The maximum atomic E-state index is 13.3. The van der Waals surface area contributed by atoms with Crippen molar-refractivity contribution in [3.63, 3.8) is 0 Å². The predicted molar refractivity (Wildman–Crippen MR) is 136 cm³/mol. The molecule has 2 heterocycles. The normalized spacial score (nSPS) is 14.1. The van der Waals surface area contributed by atoms with Gasteiger partial charge in [-0.2, -0.15) is 0 Å². The minimum atomic E-state index is -0.0551. The molecule has 2 aromatic carbocycles. The number of amides is 1. The second-order valence-corrected chi connectivity index (χ2v) is 9.02. The lowest BCUT2D eigenvalue weighted by molar-refractivity contribution is 0.0594. The van der Waals surface area contributed by atoms with Crippen LogP contribution in [-0.2, 0) is 0 Å². The number of piperidine rings is 1. The van der Waals surface area contributed by atoms with Crippen LogP contribution in [0.1, 0.15) is 44.0 Å². The molecule has 1 fully saturated rings. The van der Waals surface area contributed by atoms with Gasteiger partial charge in [0.05, 0.1) is 37.1 Å². The number of benzene rings is 2. The van der Waals surface area contributed by atoms with Crippen LogP contribution >= 0.6 is 11.3 Å². The van der Waals surface area contributed by atoms with Crippen molar-refractivity contribution in [2.75, 3.05) is 40.0 Å². The highest BCUT2D eigenvalue weighted by molar-refractivity contribution is 7.20. The van der Waals surface area contributed by atoms with E-state index in [1.165, 1.54) is 11.3 Å². The summed E-state index contributed by atoms with van der Waals surface area (Å²) in [5.74, 6) is 2.33. The lowest BCUT2D eigenvalue weighted by Crippen LogP contribution is -2.41. The van der Waals surface area contributed by atoms with Gasteiger partial charge in [0, 0.05) is 31.5 Å². The fraction of sp³-hybridized carbons (Fsp3) is 0.462. The first kappa shape index (κ1) is 24.9. The summed E-state index contributed by atoms with van der Waals surface area (Å²) in [7, 11) is 1.65. The summed E-state index contributed by atoms with van der Waals surface area (Å²) in [6.45, 7) is 8.31. The molecule has 1 aliphatic rings. The van der Waals surface area contributed by atoms with Crippen molar-refractivity contribution < 1.29 is 28.5 Å². The Kier molecular flexibility index (Phi) is 8.17. The zero-order valence-corrected chi connectivity index (χ0v) is 21.5. The van der Waals surface area contributed by atoms with E-state index in [9.17, 15) is 4.79 Å². The van der Waals surface area contributed by atoms with E-state index in [-0.39, 0.29) is 12.0 Å². The van der Waals surface area contributed by atoms with Crippen molar-refractivity contribution in [1.29, 1.82) is 0 Å². The highest BCUT2D eigenvalue weighted by Crippen LogP contribution is 2.40. The van der Waals surface area contributed by atoms with E-state index in [0.29, 0.717) is 60.9 Å². The average molecular weight is 501 g/mol. The SMILES string of the molecule is CCOc1cc(C(=O)N2CCC(Oc3nc4ccc(OC)cc4s3)CC2)cc(OCC)c1OCC. The van der Waals surface area contributed by atoms with E-state index in [2.05, 4.69) is 4.98 Å². The van der Waals surface area contributed by atoms with Crippen molar-refractivity contribution in [2.24, 2.45) is 0 Å². The number of aromatic nitrogens is 1. The first-order valence-electron chi connectivity index (χ1n) is 12.0. The number of methoxy groups -OCH3 is 1. The van der Waals surface area contributed by atoms with E-state index in [4.69, 9.17) is 23.7 Å². The number of carbonyl (C=O) groups excluding carboxylic acids is 1. The van der Waals surface area contributed by atoms with E-state index >= 15 is 0 Å². The molecule has 0 bridgehead atoms. The molecule has 1 amide bonds. The van der Waals surface area contributed by atoms with Gasteiger partial charge >= 0.3 is 0 Å². The third-order valence-corrected chi connectivity index (χ3v) is 6.64. The van der Waals surface area contributed by atoms with Gasteiger partial charge in [0.1, 0.15) is 11.9 Å². The first-order chi connectivity index (χ1) is 17.1. The van der Waals surface area contributed by atoms with E-state index < -0.39 is 0 Å². The molecule has 4 rings (SSSR count). The second kappa shape index (κ2) is 11.5. The molecule has 1 saturated heterocycles. The highest BCUT2D eigenvalue weighted by atomic mass is 32.1. The molecule has 1 aromatic heterocycles. The Morgan fingerprint density at radius 3 is 2.26 bits per heavy atom. The molecule has 9 heteroatoms. The van der Waals surface area contributed by atoms with Gasteiger partial charge in [0.2, 0.25) is 5.75 Å². The zero-order chi connectivity index (χ0) is 24.8. The topological polar surface area (TPSA) is 79.4 Å². The molecule has 0 saturated carbocycles. The molecule has 8 nitrogen and oxygen atoms in total. The van der Waals surface area contributed by atoms with E-state index in [1.54, 1.807) is 19.2 Å². The van der Waals surface area contributed by atoms with Gasteiger partial charge in [-0.15, -0.1) is 0 Å². The molecular formula is C26H32N2O6S. The Balaban J connectivity index is 1.43. The number of ether oxygens (including phenoxy) is 5. The van der Waals surface area contributed by atoms with Crippen molar-refractivity contribution >= 4 is 27.5 Å². The van der Waals surface area contributed by atoms with Gasteiger partial charge in [0.25, 0.3) is 11.1 Å². The average Bonchev–Trinajstić information content (AvgIpc) is 3.27. The number of rotatable bonds is 10. The molecule has 1 aliphatic heterocycles. The monoisotopic (exact) mass is 500 g/mol. The number of thiazole rings is 1. The molecule has 3 aromatic rings. The van der Waals surface area contributed by atoms with Gasteiger partial charge in [-0.3, -0.25) is 4.79 Å². The van der Waals surface area contributed by atoms with Crippen LogP contribution in [0.5, 0.6) is 28.2 Å². The molecule has 0 unspecified atom stereocenters. The summed E-state index contributed by atoms with van der Waals surface area (Å²) in [4.78, 5) is 19.8. The van der Waals surface area contributed by atoms with Crippen molar-refractivity contribution in [3.8, 4) is 28.2 Å². The fourth-order valence-corrected chi connectivity index (χ4v) is 4.98. The van der Waals surface area contributed by atoms with Gasteiger partial charge in [-0.05, 0) is 51.1 Å². The standard InChI is InChI=1S/C26H32N2O6S/c1-5-31-21-14-17(15-22(32-6-2)24(21)33-7-3)25(29)28-12-10-18(11-13-28)34-26-27-20-9-8-19(30-4)16-23(20)35-26/h8-9,14-16,18H,5-7,10-13H2,1-4H3. The number of likely N-dealkylation sites (tertiary alicyclic amines) is 1. The predicted octanol–water partition coefficient (Wildman–Crippen LogP) is 5.18. The molecule has 0 N–H and O–H groups in total. The summed E-state index contributed by atoms with van der Waals surface area (Å²) in [6.07, 6.45) is 1.48. The van der Waals surface area contributed by atoms with Crippen LogP contribution in [0.15, 0.2) is 30.3 Å². The van der Waals surface area contributed by atoms with Crippen LogP contribution in [0, 0.1) is 0 Å². The van der Waals surface area contributed by atoms with Gasteiger partial charge in [0.15, 0.2) is 11.5 Å². The lowest BCUT2D eigenvalue weighted by Gasteiger charge is -2.32. The maximum absolute atomic E-state index is 13.3. The van der Waals surface area contributed by atoms with Crippen molar-refractivity contribution in [3.05, 3.63) is 35.9 Å². The quantitative estimate of drug-likeness (QED) is 0.379. The smallest absolute Gasteiger partial charge is 0.274 e. The third-order valence-electron chi connectivity index (χ3n) is 5.73. The van der Waals surface area contributed by atoms with Crippen LogP contribution in [0.2, 0.25) is 0 Å². The van der Waals surface area contributed by atoms with E-state index in [0.717, 1.165) is 28.8 Å². The summed E-state index contributed by atoms with van der Waals surface area (Å²) < 4.78 is 29.8. The largest absolute Gasteiger partial charge is 0.497 e.